The Balaban J connectivity index is 3.72. The molecular weight excluding hydrogens is 128 g/mol. The molecule has 0 bridgehead atoms. The van der Waals surface area contributed by atoms with Crippen LogP contribution in [0, 0.1) is 5.92 Å². The van der Waals surface area contributed by atoms with Gasteiger partial charge in [0, 0.05) is 0 Å². The third-order valence-corrected chi connectivity index (χ3v) is 1.23. The number of hydrogen-bond acceptors (Lipinski definition) is 2. The second-order valence-electron chi connectivity index (χ2n) is 2.15. The van der Waals surface area contributed by atoms with Crippen molar-refractivity contribution in [2.75, 3.05) is 7.11 Å². The van der Waals surface area contributed by atoms with Gasteiger partial charge in [-0.05, 0) is 13.3 Å². The predicted octanol–water partition coefficient (Wildman–Crippen LogP) is 1.76. The van der Waals surface area contributed by atoms with E-state index in [1.165, 1.54) is 7.11 Å². The zero-order valence-electron chi connectivity index (χ0n) is 6.76. The van der Waals surface area contributed by atoms with Gasteiger partial charge in [-0.3, -0.25) is 4.79 Å². The number of allylic oxidation sites excluding steroid dienone is 1. The second kappa shape index (κ2) is 5.03. The number of ether oxygens (including phenoxy) is 1. The van der Waals surface area contributed by atoms with E-state index >= 15 is 0 Å². The highest BCUT2D eigenvalue weighted by Gasteiger charge is 2.06. The summed E-state index contributed by atoms with van der Waals surface area (Å²) >= 11 is 0. The van der Waals surface area contributed by atoms with Gasteiger partial charge in [0.2, 0.25) is 0 Å². The molecule has 1 atom stereocenters. The Morgan fingerprint density at radius 3 is 2.70 bits per heavy atom. The van der Waals surface area contributed by atoms with E-state index in [0.717, 1.165) is 6.42 Å². The molecule has 0 fully saturated rings. The van der Waals surface area contributed by atoms with Gasteiger partial charge in [0.25, 0.3) is 0 Å². The summed E-state index contributed by atoms with van der Waals surface area (Å²) in [6.45, 7) is 3.85. The molecule has 0 aliphatic carbocycles. The Bertz CT molecular complexity index is 127. The molecule has 0 aliphatic heterocycles. The van der Waals surface area contributed by atoms with E-state index < -0.39 is 0 Å². The lowest BCUT2D eigenvalue weighted by Crippen LogP contribution is -2.09. The second-order valence-corrected chi connectivity index (χ2v) is 2.15. The van der Waals surface area contributed by atoms with Crippen LogP contribution < -0.4 is 0 Å². The fraction of sp³-hybridized carbons (Fsp3) is 0.625. The van der Waals surface area contributed by atoms with Gasteiger partial charge in [-0.25, -0.2) is 0 Å². The van der Waals surface area contributed by atoms with Crippen LogP contribution >= 0.6 is 0 Å². The van der Waals surface area contributed by atoms with Gasteiger partial charge in [0.1, 0.15) is 0 Å². The zero-order chi connectivity index (χ0) is 7.98. The Hall–Kier alpha value is -0.790. The highest BCUT2D eigenvalue weighted by atomic mass is 16.5. The summed E-state index contributed by atoms with van der Waals surface area (Å²) in [6, 6.07) is 0. The normalized spacial score (nSPS) is 13.5. The maximum absolute atomic E-state index is 10.7. The maximum Gasteiger partial charge on any atom is 0.312 e. The minimum atomic E-state index is -0.176. The lowest BCUT2D eigenvalue weighted by molar-refractivity contribution is -0.143. The summed E-state index contributed by atoms with van der Waals surface area (Å²) in [5.74, 6) is -0.283. The van der Waals surface area contributed by atoms with E-state index in [4.69, 9.17) is 0 Å². The van der Waals surface area contributed by atoms with Crippen molar-refractivity contribution in [3.8, 4) is 0 Å². The molecule has 0 amide bonds. The lowest BCUT2D eigenvalue weighted by atomic mass is 10.1. The van der Waals surface area contributed by atoms with Crippen LogP contribution in [0.1, 0.15) is 20.3 Å². The van der Waals surface area contributed by atoms with Crippen LogP contribution in [0.4, 0.5) is 0 Å². The average molecular weight is 142 g/mol. The number of carbonyl (C=O) groups is 1. The van der Waals surface area contributed by atoms with Crippen LogP contribution in [0.3, 0.4) is 0 Å². The van der Waals surface area contributed by atoms with Gasteiger partial charge in [0.05, 0.1) is 13.0 Å². The zero-order valence-corrected chi connectivity index (χ0v) is 6.76. The molecule has 0 saturated carbocycles. The van der Waals surface area contributed by atoms with Crippen LogP contribution in [0.15, 0.2) is 12.2 Å². The van der Waals surface area contributed by atoms with Crippen molar-refractivity contribution in [3.63, 3.8) is 0 Å². The molecule has 2 heteroatoms. The van der Waals surface area contributed by atoms with Crippen LogP contribution in [0.25, 0.3) is 0 Å². The SMILES string of the molecule is CC/C=C/[C@@H](C)C(=O)OC. The predicted molar refractivity (Wildman–Crippen MR) is 40.6 cm³/mol. The maximum atomic E-state index is 10.7. The molecule has 0 aromatic rings. The molecule has 58 valence electrons. The summed E-state index contributed by atoms with van der Waals surface area (Å²) in [6.07, 6.45) is 4.77. The van der Waals surface area contributed by atoms with E-state index in [0.29, 0.717) is 0 Å². The van der Waals surface area contributed by atoms with Crippen LogP contribution in [0.5, 0.6) is 0 Å². The first-order valence-electron chi connectivity index (χ1n) is 3.46. The smallest absolute Gasteiger partial charge is 0.312 e. The third-order valence-electron chi connectivity index (χ3n) is 1.23. The van der Waals surface area contributed by atoms with Crippen LogP contribution in [0.2, 0.25) is 0 Å². The summed E-state index contributed by atoms with van der Waals surface area (Å²) < 4.78 is 4.52. The quantitative estimate of drug-likeness (QED) is 0.443. The highest BCUT2D eigenvalue weighted by Crippen LogP contribution is 1.99. The van der Waals surface area contributed by atoms with Gasteiger partial charge in [-0.15, -0.1) is 0 Å². The number of carbonyl (C=O) groups excluding carboxylic acids is 1. The first kappa shape index (κ1) is 9.21. The first-order valence-corrected chi connectivity index (χ1v) is 3.46. The van der Waals surface area contributed by atoms with Crippen molar-refractivity contribution >= 4 is 5.97 Å². The Labute approximate surface area is 61.9 Å². The molecule has 0 aromatic carbocycles. The topological polar surface area (TPSA) is 26.3 Å². The first-order chi connectivity index (χ1) is 4.72. The Kier molecular flexibility index (Phi) is 4.63. The lowest BCUT2D eigenvalue weighted by Gasteiger charge is -2.01. The fourth-order valence-electron chi connectivity index (χ4n) is 0.605. The van der Waals surface area contributed by atoms with Crippen molar-refractivity contribution < 1.29 is 9.53 Å². The molecule has 0 saturated heterocycles. The summed E-state index contributed by atoms with van der Waals surface area (Å²) in [4.78, 5) is 10.7. The molecule has 2 nitrogen and oxygen atoms in total. The standard InChI is InChI=1S/C8H14O2/c1-4-5-6-7(2)8(9)10-3/h5-7H,4H2,1-3H3/b6-5+/t7-/m1/s1. The largest absolute Gasteiger partial charge is 0.469 e. The Morgan fingerprint density at radius 2 is 2.30 bits per heavy atom. The molecule has 0 unspecified atom stereocenters. The molecule has 0 radical (unpaired) electrons. The van der Waals surface area contributed by atoms with E-state index in [2.05, 4.69) is 4.74 Å². The van der Waals surface area contributed by atoms with Crippen molar-refractivity contribution in [1.29, 1.82) is 0 Å². The summed E-state index contributed by atoms with van der Waals surface area (Å²) in [5, 5.41) is 0. The van der Waals surface area contributed by atoms with Crippen LogP contribution in [-0.4, -0.2) is 13.1 Å². The molecule has 0 aromatic heterocycles. The van der Waals surface area contributed by atoms with Crippen molar-refractivity contribution in [2.24, 2.45) is 5.92 Å². The van der Waals surface area contributed by atoms with Gasteiger partial charge in [-0.1, -0.05) is 19.1 Å². The average Bonchev–Trinajstić information content (AvgIpc) is 1.98. The monoisotopic (exact) mass is 142 g/mol. The van der Waals surface area contributed by atoms with E-state index in [-0.39, 0.29) is 11.9 Å². The van der Waals surface area contributed by atoms with Crippen molar-refractivity contribution in [2.45, 2.75) is 20.3 Å². The van der Waals surface area contributed by atoms with Gasteiger partial charge < -0.3 is 4.74 Å². The minimum absolute atomic E-state index is 0.107. The molecule has 0 aliphatic rings. The Morgan fingerprint density at radius 1 is 1.70 bits per heavy atom. The molecule has 0 rings (SSSR count). The third kappa shape index (κ3) is 3.28. The highest BCUT2D eigenvalue weighted by molar-refractivity contribution is 5.73. The van der Waals surface area contributed by atoms with Gasteiger partial charge in [0.15, 0.2) is 0 Å². The molecule has 0 N–H and O–H groups in total. The number of methoxy groups -OCH3 is 1. The molecule has 0 heterocycles. The van der Waals surface area contributed by atoms with Gasteiger partial charge >= 0.3 is 5.97 Å². The van der Waals surface area contributed by atoms with Crippen molar-refractivity contribution in [1.82, 2.24) is 0 Å². The summed E-state index contributed by atoms with van der Waals surface area (Å²) in [7, 11) is 1.40. The van der Waals surface area contributed by atoms with Crippen molar-refractivity contribution in [3.05, 3.63) is 12.2 Å². The summed E-state index contributed by atoms with van der Waals surface area (Å²) in [5.41, 5.74) is 0. The number of hydrogen-bond donors (Lipinski definition) is 0. The number of rotatable bonds is 3. The van der Waals surface area contributed by atoms with Gasteiger partial charge in [-0.2, -0.15) is 0 Å². The minimum Gasteiger partial charge on any atom is -0.469 e. The molecule has 0 spiro atoms. The number of esters is 1. The molecular formula is C8H14O2. The van der Waals surface area contributed by atoms with Crippen LogP contribution in [-0.2, 0) is 9.53 Å². The van der Waals surface area contributed by atoms with E-state index in [9.17, 15) is 4.79 Å². The molecule has 10 heavy (non-hydrogen) atoms. The fourth-order valence-corrected chi connectivity index (χ4v) is 0.605. The van der Waals surface area contributed by atoms with E-state index in [1.54, 1.807) is 0 Å². The van der Waals surface area contributed by atoms with E-state index in [1.807, 2.05) is 26.0 Å².